The molecule has 0 saturated heterocycles. The largest absolute Gasteiger partial charge is 0.353 e. The number of halogens is 1. The number of hydrogen-bond acceptors (Lipinski definition) is 6. The van der Waals surface area contributed by atoms with Crippen LogP contribution >= 0.6 is 11.6 Å². The zero-order chi connectivity index (χ0) is 15.1. The Labute approximate surface area is 131 Å². The Bertz CT molecular complexity index is 783. The second kappa shape index (κ2) is 5.14. The molecule has 0 bridgehead atoms. The van der Waals surface area contributed by atoms with Crippen molar-refractivity contribution in [2.45, 2.75) is 25.3 Å². The van der Waals surface area contributed by atoms with Gasteiger partial charge >= 0.3 is 0 Å². The van der Waals surface area contributed by atoms with Crippen LogP contribution in [-0.4, -0.2) is 16.1 Å². The van der Waals surface area contributed by atoms with E-state index in [0.717, 1.165) is 29.7 Å². The lowest BCUT2D eigenvalue weighted by Crippen LogP contribution is -2.23. The van der Waals surface area contributed by atoms with Crippen LogP contribution in [-0.2, 0) is 4.79 Å². The molecule has 2 heterocycles. The standard InChI is InChI=1S/C15H13ClN4O2/c16-9-4-1-3-8(7-9)13-12-10(5-2-6-11(12)21)17-14-15(18-13)20-22-19-14/h1,3-4,7,13H,2,5-6H2,(H,17,19)(H,18,20)/t13-/m1/s1. The molecule has 1 aliphatic heterocycles. The Morgan fingerprint density at radius 3 is 2.95 bits per heavy atom. The predicted molar refractivity (Wildman–Crippen MR) is 81.6 cm³/mol. The molecule has 7 heteroatoms. The van der Waals surface area contributed by atoms with Crippen LogP contribution in [0.25, 0.3) is 0 Å². The summed E-state index contributed by atoms with van der Waals surface area (Å²) in [5.41, 5.74) is 2.52. The first-order valence-electron chi connectivity index (χ1n) is 7.10. The fraction of sp³-hybridized carbons (Fsp3) is 0.267. The zero-order valence-electron chi connectivity index (χ0n) is 11.6. The first kappa shape index (κ1) is 13.3. The number of hydrogen-bond donors (Lipinski definition) is 2. The lowest BCUT2D eigenvalue weighted by Gasteiger charge is -2.25. The van der Waals surface area contributed by atoms with Gasteiger partial charge in [-0.2, -0.15) is 0 Å². The third-order valence-corrected chi connectivity index (χ3v) is 4.20. The minimum Gasteiger partial charge on any atom is -0.353 e. The average Bonchev–Trinajstić information content (AvgIpc) is 2.86. The summed E-state index contributed by atoms with van der Waals surface area (Å²) in [6.45, 7) is 0. The number of anilines is 2. The van der Waals surface area contributed by atoms with Gasteiger partial charge in [0.25, 0.3) is 0 Å². The second-order valence-electron chi connectivity index (χ2n) is 5.39. The van der Waals surface area contributed by atoms with Crippen molar-refractivity contribution in [3.05, 3.63) is 46.1 Å². The van der Waals surface area contributed by atoms with E-state index in [1.807, 2.05) is 18.2 Å². The van der Waals surface area contributed by atoms with Crippen molar-refractivity contribution in [2.24, 2.45) is 0 Å². The summed E-state index contributed by atoms with van der Waals surface area (Å²) in [5.74, 6) is 1.13. The molecule has 0 unspecified atom stereocenters. The number of fused-ring (bicyclic) bond motifs is 1. The summed E-state index contributed by atoms with van der Waals surface area (Å²) in [7, 11) is 0. The second-order valence-corrected chi connectivity index (χ2v) is 5.82. The highest BCUT2D eigenvalue weighted by Gasteiger charge is 2.33. The zero-order valence-corrected chi connectivity index (χ0v) is 12.4. The monoisotopic (exact) mass is 316 g/mol. The summed E-state index contributed by atoms with van der Waals surface area (Å²) >= 11 is 6.10. The maximum Gasteiger partial charge on any atom is 0.219 e. The Balaban J connectivity index is 1.88. The van der Waals surface area contributed by atoms with Crippen LogP contribution in [0.2, 0.25) is 5.02 Å². The molecular formula is C15H13ClN4O2. The number of benzene rings is 1. The van der Waals surface area contributed by atoms with Crippen molar-refractivity contribution in [2.75, 3.05) is 10.6 Å². The molecule has 2 aromatic rings. The van der Waals surface area contributed by atoms with E-state index in [1.165, 1.54) is 0 Å². The van der Waals surface area contributed by atoms with Crippen molar-refractivity contribution in [3.8, 4) is 0 Å². The van der Waals surface area contributed by atoms with Gasteiger partial charge in [0.05, 0.1) is 6.04 Å². The Morgan fingerprint density at radius 1 is 1.23 bits per heavy atom. The summed E-state index contributed by atoms with van der Waals surface area (Å²) in [4.78, 5) is 12.5. The molecule has 4 rings (SSSR count). The van der Waals surface area contributed by atoms with Gasteiger partial charge in [-0.15, -0.1) is 0 Å². The molecule has 0 amide bonds. The molecule has 6 nitrogen and oxygen atoms in total. The topological polar surface area (TPSA) is 80.1 Å². The lowest BCUT2D eigenvalue weighted by molar-refractivity contribution is -0.116. The molecule has 1 aromatic carbocycles. The first-order chi connectivity index (χ1) is 10.7. The molecule has 2 aliphatic rings. The van der Waals surface area contributed by atoms with Crippen LogP contribution in [0.15, 0.2) is 40.2 Å². The minimum absolute atomic E-state index is 0.133. The van der Waals surface area contributed by atoms with E-state index >= 15 is 0 Å². The third-order valence-electron chi connectivity index (χ3n) is 3.97. The van der Waals surface area contributed by atoms with Crippen LogP contribution < -0.4 is 10.6 Å². The van der Waals surface area contributed by atoms with Crippen molar-refractivity contribution < 1.29 is 9.42 Å². The van der Waals surface area contributed by atoms with Crippen LogP contribution in [0.1, 0.15) is 30.9 Å². The molecular weight excluding hydrogens is 304 g/mol. The SMILES string of the molecule is O=C1CCCC2=C1[C@@H](c1cccc(Cl)c1)Nc1nonc1N2. The van der Waals surface area contributed by atoms with Gasteiger partial charge in [0.2, 0.25) is 11.6 Å². The fourth-order valence-corrected chi connectivity index (χ4v) is 3.18. The lowest BCUT2D eigenvalue weighted by atomic mass is 9.87. The van der Waals surface area contributed by atoms with Crippen LogP contribution in [0.3, 0.4) is 0 Å². The van der Waals surface area contributed by atoms with Crippen LogP contribution in [0.5, 0.6) is 0 Å². The number of rotatable bonds is 1. The summed E-state index contributed by atoms with van der Waals surface area (Å²) in [5, 5.41) is 14.8. The van der Waals surface area contributed by atoms with Gasteiger partial charge in [-0.05, 0) is 40.9 Å². The fourth-order valence-electron chi connectivity index (χ4n) is 2.98. The van der Waals surface area contributed by atoms with E-state index in [0.29, 0.717) is 23.1 Å². The predicted octanol–water partition coefficient (Wildman–Crippen LogP) is 3.31. The van der Waals surface area contributed by atoms with Gasteiger partial charge in [0, 0.05) is 22.7 Å². The number of carbonyl (C=O) groups excluding carboxylic acids is 1. The molecule has 22 heavy (non-hydrogen) atoms. The summed E-state index contributed by atoms with van der Waals surface area (Å²) < 4.78 is 4.78. The smallest absolute Gasteiger partial charge is 0.219 e. The number of aromatic nitrogens is 2. The highest BCUT2D eigenvalue weighted by atomic mass is 35.5. The molecule has 1 aliphatic carbocycles. The van der Waals surface area contributed by atoms with E-state index in [2.05, 4.69) is 20.9 Å². The molecule has 112 valence electrons. The van der Waals surface area contributed by atoms with E-state index in [1.54, 1.807) is 6.07 Å². The van der Waals surface area contributed by atoms with Crippen LogP contribution in [0, 0.1) is 0 Å². The van der Waals surface area contributed by atoms with E-state index < -0.39 is 0 Å². The summed E-state index contributed by atoms with van der Waals surface area (Å²) in [6.07, 6.45) is 2.17. The van der Waals surface area contributed by atoms with Gasteiger partial charge in [0.1, 0.15) is 0 Å². The van der Waals surface area contributed by atoms with Gasteiger partial charge in [-0.25, -0.2) is 4.63 Å². The van der Waals surface area contributed by atoms with Crippen molar-refractivity contribution in [3.63, 3.8) is 0 Å². The highest BCUT2D eigenvalue weighted by molar-refractivity contribution is 6.30. The number of ketones is 1. The number of Topliss-reactive ketones (excluding diaryl/α,β-unsaturated/α-hetero) is 1. The molecule has 0 spiro atoms. The first-order valence-corrected chi connectivity index (χ1v) is 7.48. The molecule has 0 fully saturated rings. The maximum atomic E-state index is 12.5. The van der Waals surface area contributed by atoms with Gasteiger partial charge in [-0.3, -0.25) is 4.79 Å². The third kappa shape index (κ3) is 2.16. The van der Waals surface area contributed by atoms with Crippen molar-refractivity contribution >= 4 is 29.0 Å². The number of allylic oxidation sites excluding steroid dienone is 1. The van der Waals surface area contributed by atoms with Gasteiger partial charge in [0.15, 0.2) is 5.78 Å². The van der Waals surface area contributed by atoms with Crippen molar-refractivity contribution in [1.29, 1.82) is 0 Å². The molecule has 2 N–H and O–H groups in total. The number of nitrogens with one attached hydrogen (secondary N) is 2. The van der Waals surface area contributed by atoms with Crippen molar-refractivity contribution in [1.82, 2.24) is 10.3 Å². The van der Waals surface area contributed by atoms with Gasteiger partial charge < -0.3 is 10.6 Å². The Kier molecular flexibility index (Phi) is 3.11. The highest BCUT2D eigenvalue weighted by Crippen LogP contribution is 2.39. The molecule has 0 radical (unpaired) electrons. The van der Waals surface area contributed by atoms with E-state index in [-0.39, 0.29) is 11.8 Å². The molecule has 1 aromatic heterocycles. The van der Waals surface area contributed by atoms with Crippen LogP contribution in [0.4, 0.5) is 11.6 Å². The van der Waals surface area contributed by atoms with Gasteiger partial charge in [-0.1, -0.05) is 23.7 Å². The van der Waals surface area contributed by atoms with E-state index in [9.17, 15) is 4.79 Å². The quantitative estimate of drug-likeness (QED) is 0.840. The Morgan fingerprint density at radius 2 is 2.09 bits per heavy atom. The number of carbonyl (C=O) groups is 1. The molecule has 1 atom stereocenters. The number of nitrogens with zero attached hydrogens (tertiary/aromatic N) is 2. The minimum atomic E-state index is -0.317. The van der Waals surface area contributed by atoms with E-state index in [4.69, 9.17) is 16.2 Å². The summed E-state index contributed by atoms with van der Waals surface area (Å²) in [6, 6.07) is 7.15. The molecule has 0 saturated carbocycles. The normalized spacial score (nSPS) is 20.6. The maximum absolute atomic E-state index is 12.5. The average molecular weight is 317 g/mol. The Hall–Kier alpha value is -2.34.